The zero-order valence-electron chi connectivity index (χ0n) is 9.63. The quantitative estimate of drug-likeness (QED) is 0.717. The lowest BCUT2D eigenvalue weighted by Crippen LogP contribution is -2.13. The Bertz CT molecular complexity index is 453. The molecule has 8 heteroatoms. The molecule has 0 saturated carbocycles. The molecule has 0 atom stereocenters. The summed E-state index contributed by atoms with van der Waals surface area (Å²) in [4.78, 5) is 36.4. The number of hydrogen-bond donors (Lipinski definition) is 2. The second kappa shape index (κ2) is 6.38. The van der Waals surface area contributed by atoms with Crippen LogP contribution in [0, 0.1) is 0 Å². The van der Waals surface area contributed by atoms with Gasteiger partial charge in [0.15, 0.2) is 5.69 Å². The number of carbonyl (C=O) groups is 3. The number of hydrogen-bond acceptors (Lipinski definition) is 6. The number of esters is 1. The lowest BCUT2D eigenvalue weighted by Gasteiger charge is -1.98. The molecule has 1 amide bonds. The summed E-state index contributed by atoms with van der Waals surface area (Å²) < 4.78 is 9.49. The van der Waals surface area contributed by atoms with Gasteiger partial charge >= 0.3 is 18.0 Å². The normalized spacial score (nSPS) is 9.83. The van der Waals surface area contributed by atoms with Crippen molar-refractivity contribution in [3.63, 3.8) is 0 Å². The van der Waals surface area contributed by atoms with Gasteiger partial charge in [-0.25, -0.2) is 4.79 Å². The fraction of sp³-hybridized carbons (Fsp3) is 0.400. The van der Waals surface area contributed by atoms with Gasteiger partial charge in [0.05, 0.1) is 13.0 Å². The van der Waals surface area contributed by atoms with Crippen molar-refractivity contribution in [2.75, 3.05) is 11.9 Å². The van der Waals surface area contributed by atoms with E-state index in [0.29, 0.717) is 0 Å². The molecule has 0 saturated heterocycles. The fourth-order valence-corrected chi connectivity index (χ4v) is 1.03. The van der Waals surface area contributed by atoms with E-state index in [4.69, 9.17) is 9.52 Å². The van der Waals surface area contributed by atoms with Gasteiger partial charge in [-0.15, -0.1) is 0 Å². The van der Waals surface area contributed by atoms with E-state index in [0.717, 1.165) is 6.26 Å². The molecule has 2 N–H and O–H groups in total. The van der Waals surface area contributed by atoms with Crippen LogP contribution in [0.25, 0.3) is 0 Å². The Morgan fingerprint density at radius 1 is 1.44 bits per heavy atom. The van der Waals surface area contributed by atoms with Crippen LogP contribution in [-0.4, -0.2) is 34.5 Å². The van der Waals surface area contributed by atoms with Crippen LogP contribution in [0.1, 0.15) is 30.3 Å². The van der Waals surface area contributed by atoms with Crippen LogP contribution in [-0.2, 0) is 14.3 Å². The summed E-state index contributed by atoms with van der Waals surface area (Å²) >= 11 is 0. The molecule has 98 valence electrons. The van der Waals surface area contributed by atoms with Crippen molar-refractivity contribution in [2.24, 2.45) is 0 Å². The van der Waals surface area contributed by atoms with E-state index >= 15 is 0 Å². The van der Waals surface area contributed by atoms with Gasteiger partial charge in [-0.2, -0.15) is 4.98 Å². The molecule has 0 bridgehead atoms. The summed E-state index contributed by atoms with van der Waals surface area (Å²) in [6, 6.07) is -0.173. The Morgan fingerprint density at radius 2 is 2.17 bits per heavy atom. The first kappa shape index (κ1) is 13.7. The van der Waals surface area contributed by atoms with Gasteiger partial charge in [0.2, 0.25) is 5.91 Å². The third-order valence-corrected chi connectivity index (χ3v) is 1.80. The molecule has 0 aliphatic carbocycles. The van der Waals surface area contributed by atoms with Gasteiger partial charge in [0.1, 0.15) is 6.26 Å². The van der Waals surface area contributed by atoms with Crippen molar-refractivity contribution in [2.45, 2.75) is 19.8 Å². The molecule has 0 aromatic carbocycles. The highest BCUT2D eigenvalue weighted by molar-refractivity contribution is 5.92. The Balaban J connectivity index is 2.51. The van der Waals surface area contributed by atoms with Crippen LogP contribution in [0.3, 0.4) is 0 Å². The molecule has 1 rings (SSSR count). The molecule has 0 fully saturated rings. The number of ether oxygens (including phenoxy) is 1. The van der Waals surface area contributed by atoms with E-state index in [1.54, 1.807) is 6.92 Å². The van der Waals surface area contributed by atoms with Crippen molar-refractivity contribution in [1.82, 2.24) is 4.98 Å². The molecule has 1 aromatic rings. The highest BCUT2D eigenvalue weighted by atomic mass is 16.5. The number of anilines is 1. The van der Waals surface area contributed by atoms with Gasteiger partial charge in [-0.3, -0.25) is 14.9 Å². The second-order valence-corrected chi connectivity index (χ2v) is 3.20. The lowest BCUT2D eigenvalue weighted by atomic mass is 10.3. The third-order valence-electron chi connectivity index (χ3n) is 1.80. The minimum absolute atomic E-state index is 0.0645. The molecule has 0 radical (unpaired) electrons. The summed E-state index contributed by atoms with van der Waals surface area (Å²) in [6.07, 6.45) is 0.550. The first-order valence-electron chi connectivity index (χ1n) is 5.17. The zero-order chi connectivity index (χ0) is 13.5. The fourth-order valence-electron chi connectivity index (χ4n) is 1.03. The number of aliphatic carboxylic acids is 1. The number of oxazole rings is 1. The Kier molecular flexibility index (Phi) is 4.85. The average Bonchev–Trinajstić information content (AvgIpc) is 2.75. The smallest absolute Gasteiger partial charge is 0.360 e. The molecular formula is C10H12N2O6. The molecule has 0 aliphatic rings. The number of carboxylic acids is 1. The Morgan fingerprint density at radius 3 is 2.78 bits per heavy atom. The van der Waals surface area contributed by atoms with E-state index in [-0.39, 0.29) is 31.2 Å². The van der Waals surface area contributed by atoms with Crippen molar-refractivity contribution in [3.8, 4) is 0 Å². The average molecular weight is 256 g/mol. The number of carbonyl (C=O) groups excluding carboxylic acids is 2. The number of amides is 1. The first-order valence-corrected chi connectivity index (χ1v) is 5.17. The van der Waals surface area contributed by atoms with Crippen LogP contribution in [0.2, 0.25) is 0 Å². The van der Waals surface area contributed by atoms with Crippen molar-refractivity contribution >= 4 is 23.9 Å². The maximum atomic E-state index is 11.2. The highest BCUT2D eigenvalue weighted by Gasteiger charge is 2.15. The predicted octanol–water partition coefficient (Wildman–Crippen LogP) is 0.655. The van der Waals surface area contributed by atoms with E-state index in [2.05, 4.69) is 15.0 Å². The molecule has 0 spiro atoms. The van der Waals surface area contributed by atoms with E-state index in [1.807, 2.05) is 0 Å². The maximum absolute atomic E-state index is 11.2. The van der Waals surface area contributed by atoms with Crippen LogP contribution >= 0.6 is 0 Å². The summed E-state index contributed by atoms with van der Waals surface area (Å²) in [5.74, 6) is -2.30. The third kappa shape index (κ3) is 4.24. The second-order valence-electron chi connectivity index (χ2n) is 3.20. The number of aromatic nitrogens is 1. The van der Waals surface area contributed by atoms with E-state index < -0.39 is 17.8 Å². The Labute approximate surface area is 102 Å². The number of nitrogens with zero attached hydrogens (tertiary/aromatic N) is 1. The molecule has 8 nitrogen and oxygen atoms in total. The molecular weight excluding hydrogens is 244 g/mol. The lowest BCUT2D eigenvalue weighted by molar-refractivity contribution is -0.138. The summed E-state index contributed by atoms with van der Waals surface area (Å²) in [5.41, 5.74) is -0.0645. The molecule has 18 heavy (non-hydrogen) atoms. The molecule has 1 aromatic heterocycles. The van der Waals surface area contributed by atoms with Crippen molar-refractivity contribution < 1.29 is 28.6 Å². The van der Waals surface area contributed by atoms with Crippen LogP contribution in [0.4, 0.5) is 6.01 Å². The topological polar surface area (TPSA) is 119 Å². The van der Waals surface area contributed by atoms with Crippen LogP contribution in [0.15, 0.2) is 10.7 Å². The van der Waals surface area contributed by atoms with Gasteiger partial charge < -0.3 is 14.3 Å². The number of rotatable bonds is 6. The highest BCUT2D eigenvalue weighted by Crippen LogP contribution is 2.09. The maximum Gasteiger partial charge on any atom is 0.360 e. The largest absolute Gasteiger partial charge is 0.481 e. The van der Waals surface area contributed by atoms with Crippen LogP contribution < -0.4 is 5.32 Å². The van der Waals surface area contributed by atoms with Gasteiger partial charge in [-0.05, 0) is 6.92 Å². The summed E-state index contributed by atoms with van der Waals surface area (Å²) in [6.45, 7) is 1.85. The summed E-state index contributed by atoms with van der Waals surface area (Å²) in [5, 5.41) is 10.6. The summed E-state index contributed by atoms with van der Waals surface area (Å²) in [7, 11) is 0. The molecule has 1 heterocycles. The first-order chi connectivity index (χ1) is 8.52. The predicted molar refractivity (Wildman–Crippen MR) is 58.0 cm³/mol. The van der Waals surface area contributed by atoms with Crippen molar-refractivity contribution in [1.29, 1.82) is 0 Å². The minimum Gasteiger partial charge on any atom is -0.481 e. The Hall–Kier alpha value is -2.38. The van der Waals surface area contributed by atoms with Gasteiger partial charge in [-0.1, -0.05) is 0 Å². The SMILES string of the molecule is CCOC(=O)c1coc(NC(=O)CCC(=O)O)n1. The van der Waals surface area contributed by atoms with Crippen molar-refractivity contribution in [3.05, 3.63) is 12.0 Å². The minimum atomic E-state index is -1.08. The number of nitrogens with one attached hydrogen (secondary N) is 1. The van der Waals surface area contributed by atoms with Crippen LogP contribution in [0.5, 0.6) is 0 Å². The van der Waals surface area contributed by atoms with Gasteiger partial charge in [0.25, 0.3) is 0 Å². The van der Waals surface area contributed by atoms with E-state index in [1.165, 1.54) is 0 Å². The van der Waals surface area contributed by atoms with E-state index in [9.17, 15) is 14.4 Å². The van der Waals surface area contributed by atoms with Gasteiger partial charge in [0, 0.05) is 6.42 Å². The zero-order valence-corrected chi connectivity index (χ0v) is 9.63. The monoisotopic (exact) mass is 256 g/mol. The molecule has 0 unspecified atom stereocenters. The standard InChI is InChI=1S/C10H12N2O6/c1-2-17-9(16)6-5-18-10(11-6)12-7(13)3-4-8(14)15/h5H,2-4H2,1H3,(H,14,15)(H,11,12,13). The molecule has 0 aliphatic heterocycles. The number of carboxylic acid groups (broad SMARTS) is 1.